The molecule has 4 heteroatoms. The van der Waals surface area contributed by atoms with Gasteiger partial charge in [0.15, 0.2) is 0 Å². The first-order valence-corrected chi connectivity index (χ1v) is 7.43. The zero-order valence-corrected chi connectivity index (χ0v) is 13.2. The lowest BCUT2D eigenvalue weighted by molar-refractivity contribution is 0.218. The second kappa shape index (κ2) is 6.86. The molecule has 2 aromatic rings. The lowest BCUT2D eigenvalue weighted by Crippen LogP contribution is -2.03. The van der Waals surface area contributed by atoms with E-state index in [1.165, 1.54) is 0 Å². The molecule has 1 N–H and O–H groups in total. The van der Waals surface area contributed by atoms with Crippen molar-refractivity contribution in [1.29, 1.82) is 0 Å². The number of pyridine rings is 1. The molecule has 1 aromatic heterocycles. The summed E-state index contributed by atoms with van der Waals surface area (Å²) in [5, 5.41) is 10.5. The predicted molar refractivity (Wildman–Crippen MR) is 83.0 cm³/mol. The van der Waals surface area contributed by atoms with Crippen LogP contribution in [0.2, 0.25) is 0 Å². The van der Waals surface area contributed by atoms with Crippen molar-refractivity contribution in [2.45, 2.75) is 26.4 Å². The smallest absolute Gasteiger partial charge is 0.137 e. The van der Waals surface area contributed by atoms with Crippen molar-refractivity contribution in [3.05, 3.63) is 57.8 Å². The highest BCUT2D eigenvalue weighted by atomic mass is 79.9. The van der Waals surface area contributed by atoms with Crippen LogP contribution in [0, 0.1) is 6.92 Å². The summed E-state index contributed by atoms with van der Waals surface area (Å²) in [5.74, 6) is 0.687. The maximum Gasteiger partial charge on any atom is 0.137 e. The predicted octanol–water partition coefficient (Wildman–Crippen LogP) is 4.02. The van der Waals surface area contributed by atoms with Gasteiger partial charge in [-0.05, 0) is 30.5 Å². The lowest BCUT2D eigenvalue weighted by atomic mass is 10.0. The van der Waals surface area contributed by atoms with Crippen LogP contribution in [0.4, 0.5) is 0 Å². The van der Waals surface area contributed by atoms with Crippen molar-refractivity contribution in [3.8, 4) is 5.75 Å². The average molecular weight is 336 g/mol. The van der Waals surface area contributed by atoms with Gasteiger partial charge >= 0.3 is 0 Å². The lowest BCUT2D eigenvalue weighted by Gasteiger charge is -2.15. The SMILES string of the molecule is CCCOc1cncc(C(O)c2cccc(C)c2Br)c1. The van der Waals surface area contributed by atoms with Crippen molar-refractivity contribution in [3.63, 3.8) is 0 Å². The molecule has 1 unspecified atom stereocenters. The molecule has 0 aliphatic heterocycles. The Kier molecular flexibility index (Phi) is 5.15. The summed E-state index contributed by atoms with van der Waals surface area (Å²) in [5.41, 5.74) is 2.65. The fourth-order valence-corrected chi connectivity index (χ4v) is 2.43. The minimum absolute atomic E-state index is 0.648. The van der Waals surface area contributed by atoms with E-state index in [4.69, 9.17) is 4.74 Å². The number of ether oxygens (including phenoxy) is 1. The number of nitrogens with zero attached hydrogens (tertiary/aromatic N) is 1. The van der Waals surface area contributed by atoms with E-state index in [0.29, 0.717) is 12.4 Å². The number of benzene rings is 1. The van der Waals surface area contributed by atoms with E-state index in [-0.39, 0.29) is 0 Å². The second-order valence-electron chi connectivity index (χ2n) is 4.68. The van der Waals surface area contributed by atoms with Crippen LogP contribution in [0.1, 0.15) is 36.1 Å². The van der Waals surface area contributed by atoms with Gasteiger partial charge in [0.05, 0.1) is 12.8 Å². The molecule has 3 nitrogen and oxygen atoms in total. The van der Waals surface area contributed by atoms with Gasteiger partial charge in [-0.15, -0.1) is 0 Å². The van der Waals surface area contributed by atoms with Gasteiger partial charge in [-0.3, -0.25) is 4.98 Å². The minimum atomic E-state index is -0.720. The van der Waals surface area contributed by atoms with Crippen LogP contribution in [-0.2, 0) is 0 Å². The van der Waals surface area contributed by atoms with Crippen LogP contribution in [0.15, 0.2) is 41.1 Å². The van der Waals surface area contributed by atoms with Gasteiger partial charge in [-0.2, -0.15) is 0 Å². The number of aliphatic hydroxyl groups is 1. The molecule has 0 aliphatic carbocycles. The summed E-state index contributed by atoms with van der Waals surface area (Å²) in [4.78, 5) is 4.14. The van der Waals surface area contributed by atoms with Crippen LogP contribution in [0.5, 0.6) is 5.75 Å². The number of hydrogen-bond donors (Lipinski definition) is 1. The number of aromatic nitrogens is 1. The largest absolute Gasteiger partial charge is 0.492 e. The van der Waals surface area contributed by atoms with E-state index in [9.17, 15) is 5.11 Å². The van der Waals surface area contributed by atoms with Gasteiger partial charge in [-0.1, -0.05) is 41.1 Å². The molecule has 1 aromatic carbocycles. The third-order valence-corrected chi connectivity index (χ3v) is 4.12. The molecule has 106 valence electrons. The monoisotopic (exact) mass is 335 g/mol. The Hall–Kier alpha value is -1.39. The highest BCUT2D eigenvalue weighted by Crippen LogP contribution is 2.31. The van der Waals surface area contributed by atoms with Crippen molar-refractivity contribution < 1.29 is 9.84 Å². The Morgan fingerprint density at radius 1 is 1.35 bits per heavy atom. The molecule has 0 radical (unpaired) electrons. The second-order valence-corrected chi connectivity index (χ2v) is 5.48. The maximum absolute atomic E-state index is 10.5. The molecule has 0 fully saturated rings. The highest BCUT2D eigenvalue weighted by molar-refractivity contribution is 9.10. The molecule has 1 heterocycles. The summed E-state index contributed by atoms with van der Waals surface area (Å²) in [7, 11) is 0. The first-order chi connectivity index (χ1) is 9.63. The van der Waals surface area contributed by atoms with Crippen LogP contribution in [0.25, 0.3) is 0 Å². The molecule has 0 amide bonds. The fourth-order valence-electron chi connectivity index (χ4n) is 1.94. The molecule has 1 atom stereocenters. The standard InChI is InChI=1S/C16H18BrNO2/c1-3-7-20-13-8-12(9-18-10-13)16(19)14-6-4-5-11(2)15(14)17/h4-6,8-10,16,19H,3,7H2,1-2H3. The minimum Gasteiger partial charge on any atom is -0.492 e. The van der Waals surface area contributed by atoms with Crippen LogP contribution in [0.3, 0.4) is 0 Å². The Labute approximate surface area is 127 Å². The van der Waals surface area contributed by atoms with Crippen LogP contribution < -0.4 is 4.74 Å². The van der Waals surface area contributed by atoms with Crippen molar-refractivity contribution >= 4 is 15.9 Å². The summed E-state index contributed by atoms with van der Waals surface area (Å²) in [6.07, 6.45) is 3.55. The van der Waals surface area contributed by atoms with E-state index in [1.54, 1.807) is 12.4 Å². The summed E-state index contributed by atoms with van der Waals surface area (Å²) < 4.78 is 6.47. The number of hydrogen-bond acceptors (Lipinski definition) is 3. The first-order valence-electron chi connectivity index (χ1n) is 6.64. The number of rotatable bonds is 5. The third kappa shape index (κ3) is 3.38. The van der Waals surface area contributed by atoms with E-state index in [1.807, 2.05) is 31.2 Å². The van der Waals surface area contributed by atoms with Crippen LogP contribution >= 0.6 is 15.9 Å². The zero-order valence-electron chi connectivity index (χ0n) is 11.6. The Morgan fingerprint density at radius 2 is 2.15 bits per heavy atom. The quantitative estimate of drug-likeness (QED) is 0.897. The highest BCUT2D eigenvalue weighted by Gasteiger charge is 2.15. The number of aryl methyl sites for hydroxylation is 1. The summed E-state index contributed by atoms with van der Waals surface area (Å²) in [6, 6.07) is 7.67. The Bertz CT molecular complexity index is 586. The zero-order chi connectivity index (χ0) is 14.5. The third-order valence-electron chi connectivity index (χ3n) is 3.04. The molecule has 0 saturated heterocycles. The molecule has 0 aliphatic rings. The van der Waals surface area contributed by atoms with Gasteiger partial charge in [0.2, 0.25) is 0 Å². The molecule has 0 spiro atoms. The Balaban J connectivity index is 2.28. The van der Waals surface area contributed by atoms with Gasteiger partial charge in [0, 0.05) is 16.2 Å². The average Bonchev–Trinajstić information content (AvgIpc) is 2.47. The van der Waals surface area contributed by atoms with E-state index in [0.717, 1.165) is 27.6 Å². The summed E-state index contributed by atoms with van der Waals surface area (Å²) in [6.45, 7) is 4.70. The fraction of sp³-hybridized carbons (Fsp3) is 0.312. The topological polar surface area (TPSA) is 42.4 Å². The van der Waals surface area contributed by atoms with E-state index in [2.05, 4.69) is 27.8 Å². The van der Waals surface area contributed by atoms with Gasteiger partial charge in [0.25, 0.3) is 0 Å². The van der Waals surface area contributed by atoms with Gasteiger partial charge < -0.3 is 9.84 Å². The van der Waals surface area contributed by atoms with Gasteiger partial charge in [0.1, 0.15) is 11.9 Å². The van der Waals surface area contributed by atoms with Crippen molar-refractivity contribution in [2.75, 3.05) is 6.61 Å². The molecule has 2 rings (SSSR count). The molecule has 0 bridgehead atoms. The normalized spacial score (nSPS) is 12.2. The number of halogens is 1. The van der Waals surface area contributed by atoms with Crippen LogP contribution in [-0.4, -0.2) is 16.7 Å². The molecular weight excluding hydrogens is 318 g/mol. The molecule has 0 saturated carbocycles. The van der Waals surface area contributed by atoms with Crippen molar-refractivity contribution in [1.82, 2.24) is 4.98 Å². The van der Waals surface area contributed by atoms with Crippen molar-refractivity contribution in [2.24, 2.45) is 0 Å². The van der Waals surface area contributed by atoms with Gasteiger partial charge in [-0.25, -0.2) is 0 Å². The Morgan fingerprint density at radius 3 is 2.90 bits per heavy atom. The first kappa shape index (κ1) is 15.0. The van der Waals surface area contributed by atoms with E-state index < -0.39 is 6.10 Å². The maximum atomic E-state index is 10.5. The van der Waals surface area contributed by atoms with E-state index >= 15 is 0 Å². The summed E-state index contributed by atoms with van der Waals surface area (Å²) >= 11 is 3.53. The molecular formula is C16H18BrNO2. The number of aliphatic hydroxyl groups excluding tert-OH is 1. The molecule has 20 heavy (non-hydrogen) atoms.